The summed E-state index contributed by atoms with van der Waals surface area (Å²) in [7, 11) is 1.83. The van der Waals surface area contributed by atoms with E-state index in [0.29, 0.717) is 6.04 Å². The van der Waals surface area contributed by atoms with Gasteiger partial charge in [0.25, 0.3) is 0 Å². The topological polar surface area (TPSA) is 39.7 Å². The second kappa shape index (κ2) is 10.3. The average molecular weight is 484 g/mol. The first kappa shape index (κ1) is 21.2. The maximum atomic E-state index is 4.38. The molecular weight excluding hydrogens is 455 g/mol. The van der Waals surface area contributed by atoms with Gasteiger partial charge in [-0.2, -0.15) is 0 Å². The molecule has 0 saturated heterocycles. The Morgan fingerprint density at radius 1 is 1.23 bits per heavy atom. The zero-order valence-electron chi connectivity index (χ0n) is 15.7. The maximum Gasteiger partial charge on any atom is 0.191 e. The molecule has 1 aliphatic rings. The van der Waals surface area contributed by atoms with E-state index in [1.165, 1.54) is 17.5 Å². The molecule has 0 aliphatic carbocycles. The molecule has 3 rings (SSSR count). The Labute approximate surface area is 178 Å². The van der Waals surface area contributed by atoms with Crippen molar-refractivity contribution in [1.82, 2.24) is 15.5 Å². The Morgan fingerprint density at radius 2 is 2.00 bits per heavy atom. The van der Waals surface area contributed by atoms with E-state index in [0.717, 1.165) is 25.6 Å². The highest BCUT2D eigenvalue weighted by Crippen LogP contribution is 2.24. The second-order valence-corrected chi connectivity index (χ2v) is 7.67. The fourth-order valence-corrected chi connectivity index (χ4v) is 4.13. The van der Waals surface area contributed by atoms with E-state index in [4.69, 9.17) is 0 Å². The lowest BCUT2D eigenvalue weighted by Crippen LogP contribution is -2.47. The van der Waals surface area contributed by atoms with E-state index in [1.807, 2.05) is 24.5 Å². The van der Waals surface area contributed by atoms with Gasteiger partial charge in [-0.15, -0.1) is 35.3 Å². The number of fused-ring (bicyclic) bond motifs is 1. The van der Waals surface area contributed by atoms with Gasteiger partial charge in [0.1, 0.15) is 0 Å². The first-order valence-corrected chi connectivity index (χ1v) is 9.86. The molecule has 26 heavy (non-hydrogen) atoms. The van der Waals surface area contributed by atoms with Crippen LogP contribution >= 0.6 is 35.3 Å². The smallest absolute Gasteiger partial charge is 0.191 e. The van der Waals surface area contributed by atoms with Crippen molar-refractivity contribution in [2.75, 3.05) is 20.1 Å². The number of hydrogen-bond acceptors (Lipinski definition) is 3. The molecule has 0 radical (unpaired) electrons. The first-order chi connectivity index (χ1) is 12.2. The van der Waals surface area contributed by atoms with Crippen LogP contribution in [0.15, 0.2) is 46.8 Å². The predicted molar refractivity (Wildman–Crippen MR) is 123 cm³/mol. The van der Waals surface area contributed by atoms with Crippen molar-refractivity contribution in [1.29, 1.82) is 0 Å². The average Bonchev–Trinajstić information content (AvgIpc) is 3.13. The maximum absolute atomic E-state index is 4.38. The summed E-state index contributed by atoms with van der Waals surface area (Å²) in [4.78, 5) is 8.49. The highest BCUT2D eigenvalue weighted by atomic mass is 127. The van der Waals surface area contributed by atoms with Crippen LogP contribution < -0.4 is 10.6 Å². The van der Waals surface area contributed by atoms with Crippen LogP contribution in [0.5, 0.6) is 0 Å². The largest absolute Gasteiger partial charge is 0.355 e. The lowest BCUT2D eigenvalue weighted by molar-refractivity contribution is 0.192. The third kappa shape index (κ3) is 5.44. The minimum absolute atomic E-state index is 0. The Bertz CT molecular complexity index is 701. The molecule has 2 unspecified atom stereocenters. The van der Waals surface area contributed by atoms with Crippen LogP contribution in [0.3, 0.4) is 0 Å². The van der Waals surface area contributed by atoms with E-state index in [1.54, 1.807) is 4.88 Å². The summed E-state index contributed by atoms with van der Waals surface area (Å²) in [5, 5.41) is 9.18. The Kier molecular flexibility index (Phi) is 8.37. The number of nitrogens with zero attached hydrogens (tertiary/aromatic N) is 2. The van der Waals surface area contributed by atoms with Crippen LogP contribution in [0, 0.1) is 0 Å². The van der Waals surface area contributed by atoms with E-state index < -0.39 is 0 Å². The number of benzene rings is 1. The molecule has 4 nitrogen and oxygen atoms in total. The van der Waals surface area contributed by atoms with Crippen LogP contribution in [0.1, 0.15) is 35.9 Å². The van der Waals surface area contributed by atoms with Crippen molar-refractivity contribution in [3.05, 3.63) is 57.8 Å². The van der Waals surface area contributed by atoms with Crippen molar-refractivity contribution >= 4 is 41.3 Å². The summed E-state index contributed by atoms with van der Waals surface area (Å²) >= 11 is 1.89. The van der Waals surface area contributed by atoms with E-state index in [9.17, 15) is 0 Å². The van der Waals surface area contributed by atoms with Crippen LogP contribution in [0.2, 0.25) is 0 Å². The first-order valence-electron chi connectivity index (χ1n) is 8.98. The molecule has 0 spiro atoms. The molecule has 0 fully saturated rings. The third-order valence-electron chi connectivity index (χ3n) is 4.90. The quantitative estimate of drug-likeness (QED) is 0.383. The SMILES string of the molecule is CN=C(NCC(C)N1CCc2sccc2C1)NC(C)c1ccccc1.I. The molecule has 2 aromatic rings. The molecule has 1 aliphatic heterocycles. The van der Waals surface area contributed by atoms with E-state index >= 15 is 0 Å². The monoisotopic (exact) mass is 484 g/mol. The number of aliphatic imine (C=N–C) groups is 1. The lowest BCUT2D eigenvalue weighted by atomic mass is 10.1. The summed E-state index contributed by atoms with van der Waals surface area (Å²) < 4.78 is 0. The van der Waals surface area contributed by atoms with Gasteiger partial charge in [-0.1, -0.05) is 30.3 Å². The van der Waals surface area contributed by atoms with Crippen molar-refractivity contribution in [3.8, 4) is 0 Å². The highest BCUT2D eigenvalue weighted by molar-refractivity contribution is 14.0. The molecule has 6 heteroatoms. The Morgan fingerprint density at radius 3 is 2.73 bits per heavy atom. The third-order valence-corrected chi connectivity index (χ3v) is 5.92. The zero-order valence-corrected chi connectivity index (χ0v) is 18.9. The highest BCUT2D eigenvalue weighted by Gasteiger charge is 2.21. The van der Waals surface area contributed by atoms with Gasteiger partial charge in [0.05, 0.1) is 6.04 Å². The Balaban J connectivity index is 0.00000243. The van der Waals surface area contributed by atoms with E-state index in [2.05, 4.69) is 70.1 Å². The molecule has 0 saturated carbocycles. The van der Waals surface area contributed by atoms with Crippen molar-refractivity contribution < 1.29 is 0 Å². The minimum Gasteiger partial charge on any atom is -0.355 e. The van der Waals surface area contributed by atoms with Crippen molar-refractivity contribution in [2.45, 2.75) is 38.9 Å². The molecule has 0 amide bonds. The second-order valence-electron chi connectivity index (χ2n) is 6.67. The fourth-order valence-electron chi connectivity index (χ4n) is 3.24. The van der Waals surface area contributed by atoms with Crippen LogP contribution in [-0.4, -0.2) is 37.0 Å². The molecule has 1 aromatic carbocycles. The van der Waals surface area contributed by atoms with Gasteiger partial charge in [-0.3, -0.25) is 9.89 Å². The summed E-state index contributed by atoms with van der Waals surface area (Å²) in [6, 6.07) is 13.4. The molecule has 2 N–H and O–H groups in total. The fraction of sp³-hybridized carbons (Fsp3) is 0.450. The molecule has 142 valence electrons. The van der Waals surface area contributed by atoms with E-state index in [-0.39, 0.29) is 30.0 Å². The number of halogens is 1. The number of rotatable bonds is 5. The number of thiophene rings is 1. The lowest BCUT2D eigenvalue weighted by Gasteiger charge is -2.33. The Hall–Kier alpha value is -1.12. The predicted octanol–water partition coefficient (Wildman–Crippen LogP) is 4.04. The van der Waals surface area contributed by atoms with Crippen LogP contribution in [0.4, 0.5) is 0 Å². The van der Waals surface area contributed by atoms with Gasteiger partial charge in [0.15, 0.2) is 5.96 Å². The number of nitrogens with one attached hydrogen (secondary N) is 2. The molecule has 2 atom stereocenters. The van der Waals surface area contributed by atoms with Gasteiger partial charge >= 0.3 is 0 Å². The standard InChI is InChI=1S/C20H28N4S.HI/c1-15(24-11-9-19-18(14-24)10-12-25-19)13-22-20(21-3)23-16(2)17-7-5-4-6-8-17;/h4-8,10,12,15-16H,9,11,13-14H2,1-3H3,(H2,21,22,23);1H. The molecule has 0 bridgehead atoms. The van der Waals surface area contributed by atoms with Gasteiger partial charge in [0.2, 0.25) is 0 Å². The summed E-state index contributed by atoms with van der Waals surface area (Å²) in [5.41, 5.74) is 2.77. The van der Waals surface area contributed by atoms with Gasteiger partial charge < -0.3 is 10.6 Å². The van der Waals surface area contributed by atoms with Crippen LogP contribution in [0.25, 0.3) is 0 Å². The molecular formula is C20H29IN4S. The van der Waals surface area contributed by atoms with Gasteiger partial charge in [-0.05, 0) is 42.8 Å². The zero-order chi connectivity index (χ0) is 17.6. The molecule has 1 aromatic heterocycles. The normalized spacial score (nSPS) is 17.0. The van der Waals surface area contributed by atoms with Crippen LogP contribution in [-0.2, 0) is 13.0 Å². The van der Waals surface area contributed by atoms with Gasteiger partial charge in [0, 0.05) is 37.6 Å². The van der Waals surface area contributed by atoms with Crippen molar-refractivity contribution in [3.63, 3.8) is 0 Å². The number of guanidine groups is 1. The van der Waals surface area contributed by atoms with Gasteiger partial charge in [-0.25, -0.2) is 0 Å². The minimum atomic E-state index is 0. The number of hydrogen-bond donors (Lipinski definition) is 2. The summed E-state index contributed by atoms with van der Waals surface area (Å²) in [5.74, 6) is 0.858. The molecule has 2 heterocycles. The van der Waals surface area contributed by atoms with Crippen molar-refractivity contribution in [2.24, 2.45) is 4.99 Å². The summed E-state index contributed by atoms with van der Waals surface area (Å²) in [6.07, 6.45) is 1.18. The summed E-state index contributed by atoms with van der Waals surface area (Å²) in [6.45, 7) is 7.55.